The molecule has 1 N–H and O–H groups in total. The van der Waals surface area contributed by atoms with Crippen LogP contribution in [0.2, 0.25) is 0 Å². The molecule has 5 nitrogen and oxygen atoms in total. The van der Waals surface area contributed by atoms with Crippen molar-refractivity contribution in [1.82, 2.24) is 19.7 Å². The lowest BCUT2D eigenvalue weighted by molar-refractivity contribution is 0.150. The van der Waals surface area contributed by atoms with Crippen molar-refractivity contribution in [2.75, 3.05) is 33.2 Å². The molecule has 1 aromatic rings. The van der Waals surface area contributed by atoms with Crippen molar-refractivity contribution in [3.63, 3.8) is 0 Å². The van der Waals surface area contributed by atoms with Crippen LogP contribution >= 0.6 is 0 Å². The number of hydrogen-bond acceptors (Lipinski definition) is 2. The van der Waals surface area contributed by atoms with Gasteiger partial charge in [-0.05, 0) is 63.9 Å². The largest absolute Gasteiger partial charge is 0.354 e. The summed E-state index contributed by atoms with van der Waals surface area (Å²) in [5, 5.41) is 3.24. The summed E-state index contributed by atoms with van der Waals surface area (Å²) < 4.78 is 2.23. The predicted octanol–water partition coefficient (Wildman–Crippen LogP) is 2.00. The number of likely N-dealkylation sites (tertiary alicyclic amines) is 2. The van der Waals surface area contributed by atoms with Crippen molar-refractivity contribution in [2.24, 2.45) is 5.92 Å². The smallest absolute Gasteiger partial charge is 0.317 e. The zero-order valence-corrected chi connectivity index (χ0v) is 13.6. The fourth-order valence-electron chi connectivity index (χ4n) is 3.61. The van der Waals surface area contributed by atoms with Crippen LogP contribution < -0.4 is 5.32 Å². The molecule has 2 aliphatic rings. The van der Waals surface area contributed by atoms with Gasteiger partial charge in [0.2, 0.25) is 0 Å². The highest BCUT2D eigenvalue weighted by atomic mass is 16.2. The third-order valence-electron chi connectivity index (χ3n) is 4.99. The molecule has 5 heteroatoms. The average Bonchev–Trinajstić information content (AvgIpc) is 3.03. The number of nitrogens with zero attached hydrogens (tertiary/aromatic N) is 3. The van der Waals surface area contributed by atoms with E-state index in [1.165, 1.54) is 6.42 Å². The molecule has 1 atom stereocenters. The first kappa shape index (κ1) is 15.4. The molecule has 1 unspecified atom stereocenters. The molecule has 2 fully saturated rings. The number of nitrogens with one attached hydrogen (secondary N) is 1. The second kappa shape index (κ2) is 7.18. The highest BCUT2D eigenvalue weighted by Crippen LogP contribution is 2.19. The van der Waals surface area contributed by atoms with Gasteiger partial charge in [0.15, 0.2) is 0 Å². The van der Waals surface area contributed by atoms with E-state index >= 15 is 0 Å². The van der Waals surface area contributed by atoms with Gasteiger partial charge in [-0.25, -0.2) is 4.79 Å². The zero-order valence-electron chi connectivity index (χ0n) is 13.6. The minimum atomic E-state index is 0.145. The van der Waals surface area contributed by atoms with Crippen molar-refractivity contribution in [2.45, 2.75) is 38.3 Å². The molecule has 122 valence electrons. The normalized spacial score (nSPS) is 24.4. The first-order chi connectivity index (χ1) is 10.7. The summed E-state index contributed by atoms with van der Waals surface area (Å²) in [5.74, 6) is 0.574. The van der Waals surface area contributed by atoms with Crippen LogP contribution in [0.4, 0.5) is 4.79 Å². The molecule has 2 saturated heterocycles. The molecule has 3 rings (SSSR count). The van der Waals surface area contributed by atoms with Crippen molar-refractivity contribution >= 4 is 6.03 Å². The van der Waals surface area contributed by atoms with Crippen LogP contribution in [0.5, 0.6) is 0 Å². The summed E-state index contributed by atoms with van der Waals surface area (Å²) in [5.41, 5.74) is 0. The number of carbonyl (C=O) groups excluding carboxylic acids is 1. The van der Waals surface area contributed by atoms with Crippen molar-refractivity contribution < 1.29 is 4.79 Å². The number of carbonyl (C=O) groups is 1. The number of piperidine rings is 2. The fraction of sp³-hybridized carbons (Fsp3) is 0.706. The van der Waals surface area contributed by atoms with Crippen LogP contribution in [0.3, 0.4) is 0 Å². The van der Waals surface area contributed by atoms with E-state index in [4.69, 9.17) is 0 Å². The zero-order chi connectivity index (χ0) is 15.4. The average molecular weight is 304 g/mol. The first-order valence-corrected chi connectivity index (χ1v) is 8.55. The van der Waals surface area contributed by atoms with Crippen molar-refractivity contribution in [3.8, 4) is 0 Å². The Labute approximate surface area is 133 Å². The lowest BCUT2D eigenvalue weighted by Crippen LogP contribution is -2.51. The topological polar surface area (TPSA) is 40.5 Å². The minimum absolute atomic E-state index is 0.145. The van der Waals surface area contributed by atoms with Gasteiger partial charge in [0, 0.05) is 38.1 Å². The van der Waals surface area contributed by atoms with Gasteiger partial charge in [-0.3, -0.25) is 0 Å². The Hall–Kier alpha value is -1.49. The molecule has 0 radical (unpaired) electrons. The Morgan fingerprint density at radius 2 is 1.86 bits per heavy atom. The Morgan fingerprint density at radius 3 is 2.59 bits per heavy atom. The lowest BCUT2D eigenvalue weighted by Gasteiger charge is -2.35. The van der Waals surface area contributed by atoms with E-state index in [-0.39, 0.29) is 6.03 Å². The molecule has 3 heterocycles. The molecule has 0 saturated carbocycles. The van der Waals surface area contributed by atoms with Gasteiger partial charge in [-0.15, -0.1) is 0 Å². The van der Waals surface area contributed by atoms with E-state index in [0.29, 0.717) is 12.0 Å². The van der Waals surface area contributed by atoms with Crippen LogP contribution in [-0.2, 0) is 6.54 Å². The molecule has 2 amide bonds. The molecule has 0 bridgehead atoms. The highest BCUT2D eigenvalue weighted by Gasteiger charge is 2.26. The highest BCUT2D eigenvalue weighted by molar-refractivity contribution is 5.74. The van der Waals surface area contributed by atoms with Gasteiger partial charge in [0.1, 0.15) is 0 Å². The number of aromatic nitrogens is 1. The Morgan fingerprint density at radius 1 is 1.14 bits per heavy atom. The van der Waals surface area contributed by atoms with Gasteiger partial charge in [-0.2, -0.15) is 0 Å². The van der Waals surface area contributed by atoms with E-state index in [2.05, 4.69) is 46.4 Å². The summed E-state index contributed by atoms with van der Waals surface area (Å²) in [4.78, 5) is 16.8. The first-order valence-electron chi connectivity index (χ1n) is 8.55. The Bertz CT molecular complexity index is 465. The second-order valence-electron chi connectivity index (χ2n) is 6.86. The summed E-state index contributed by atoms with van der Waals surface area (Å²) in [6.07, 6.45) is 8.70. The van der Waals surface area contributed by atoms with Crippen LogP contribution in [0.1, 0.15) is 25.7 Å². The minimum Gasteiger partial charge on any atom is -0.354 e. The molecular formula is C17H28N4O. The van der Waals surface area contributed by atoms with Crippen LogP contribution in [0, 0.1) is 5.92 Å². The quantitative estimate of drug-likeness (QED) is 0.928. The van der Waals surface area contributed by atoms with Crippen LogP contribution in [-0.4, -0.2) is 59.7 Å². The van der Waals surface area contributed by atoms with Crippen LogP contribution in [0.15, 0.2) is 24.5 Å². The standard InChI is InChI=1S/C17H28N4O/c1-19-11-6-16(7-12-19)18-17(22)21-10-4-5-15(14-21)13-20-8-2-3-9-20/h2-3,8-9,15-16H,4-7,10-14H2,1H3,(H,18,22). The van der Waals surface area contributed by atoms with Crippen molar-refractivity contribution in [3.05, 3.63) is 24.5 Å². The third-order valence-corrected chi connectivity index (χ3v) is 4.99. The fourth-order valence-corrected chi connectivity index (χ4v) is 3.61. The van der Waals surface area contributed by atoms with Gasteiger partial charge in [0.05, 0.1) is 0 Å². The van der Waals surface area contributed by atoms with Gasteiger partial charge >= 0.3 is 6.03 Å². The lowest BCUT2D eigenvalue weighted by atomic mass is 9.98. The summed E-state index contributed by atoms with van der Waals surface area (Å²) in [6, 6.07) is 4.63. The number of rotatable bonds is 3. The summed E-state index contributed by atoms with van der Waals surface area (Å²) in [7, 11) is 2.15. The van der Waals surface area contributed by atoms with E-state index in [1.54, 1.807) is 0 Å². The number of amides is 2. The SMILES string of the molecule is CN1CCC(NC(=O)N2CCCC(Cn3cccc3)C2)CC1. The van der Waals surface area contributed by atoms with E-state index < -0.39 is 0 Å². The molecule has 0 spiro atoms. The monoisotopic (exact) mass is 304 g/mol. The molecule has 1 aromatic heterocycles. The van der Waals surface area contributed by atoms with Crippen molar-refractivity contribution in [1.29, 1.82) is 0 Å². The van der Waals surface area contributed by atoms with Gasteiger partial charge < -0.3 is 19.7 Å². The Balaban J connectivity index is 1.47. The molecule has 22 heavy (non-hydrogen) atoms. The van der Waals surface area contributed by atoms with Gasteiger partial charge in [-0.1, -0.05) is 0 Å². The van der Waals surface area contributed by atoms with Crippen LogP contribution in [0.25, 0.3) is 0 Å². The molecular weight excluding hydrogens is 276 g/mol. The number of urea groups is 1. The molecule has 2 aliphatic heterocycles. The number of hydrogen-bond donors (Lipinski definition) is 1. The molecule has 0 aromatic carbocycles. The van der Waals surface area contributed by atoms with E-state index in [9.17, 15) is 4.79 Å². The summed E-state index contributed by atoms with van der Waals surface area (Å²) in [6.45, 7) is 4.98. The molecule has 0 aliphatic carbocycles. The maximum Gasteiger partial charge on any atom is 0.317 e. The van der Waals surface area contributed by atoms with Gasteiger partial charge in [0.25, 0.3) is 0 Å². The van der Waals surface area contributed by atoms with E-state index in [0.717, 1.165) is 52.0 Å². The third kappa shape index (κ3) is 4.03. The predicted molar refractivity (Wildman–Crippen MR) is 87.8 cm³/mol. The maximum absolute atomic E-state index is 12.5. The second-order valence-corrected chi connectivity index (χ2v) is 6.86. The maximum atomic E-state index is 12.5. The Kier molecular flexibility index (Phi) is 5.03. The van der Waals surface area contributed by atoms with E-state index in [1.807, 2.05) is 4.90 Å². The summed E-state index contributed by atoms with van der Waals surface area (Å²) >= 11 is 0.